The number of likely N-dealkylation sites (N-methyl/N-ethyl adjacent to an activating group) is 1. The number of urea groups is 1. The van der Waals surface area contributed by atoms with E-state index in [0.29, 0.717) is 17.1 Å². The fourth-order valence-corrected chi connectivity index (χ4v) is 3.35. The van der Waals surface area contributed by atoms with Gasteiger partial charge in [-0.05, 0) is 25.0 Å². The van der Waals surface area contributed by atoms with Gasteiger partial charge in [0.1, 0.15) is 0 Å². The zero-order valence-corrected chi connectivity index (χ0v) is 14.2. The van der Waals surface area contributed by atoms with E-state index in [2.05, 4.69) is 5.32 Å². The van der Waals surface area contributed by atoms with Crippen LogP contribution >= 0.6 is 11.6 Å². The third-order valence-corrected chi connectivity index (χ3v) is 5.07. The maximum absolute atomic E-state index is 12.9. The maximum atomic E-state index is 12.9. The number of halogens is 1. The lowest BCUT2D eigenvalue weighted by atomic mass is 9.95. The summed E-state index contributed by atoms with van der Waals surface area (Å²) in [5.41, 5.74) is 2.15. The normalized spacial score (nSPS) is 22.3. The lowest BCUT2D eigenvalue weighted by molar-refractivity contribution is -0.127. The summed E-state index contributed by atoms with van der Waals surface area (Å²) in [6.07, 6.45) is 0.869. The molecule has 122 valence electrons. The standard InChI is InChI=1S/C17H20ClN3O2/c1-4-10(2)21-9-13-14(16(21)22)15(19-17(23)20(13)3)11-7-5-6-8-12(11)18/h5-8,10,15H,4,9H2,1-3H3,(H,19,23)/t10-,15-/m1/s1. The molecule has 2 atom stereocenters. The van der Waals surface area contributed by atoms with Gasteiger partial charge < -0.3 is 10.2 Å². The highest BCUT2D eigenvalue weighted by molar-refractivity contribution is 6.31. The number of amides is 3. The SMILES string of the molecule is CC[C@@H](C)N1CC2=C(C1=O)[C@@H](c1ccccc1Cl)NC(=O)N2C. The second-order valence-corrected chi connectivity index (χ2v) is 6.42. The van der Waals surface area contributed by atoms with Crippen LogP contribution < -0.4 is 5.32 Å². The van der Waals surface area contributed by atoms with Gasteiger partial charge in [-0.1, -0.05) is 36.7 Å². The number of nitrogens with one attached hydrogen (secondary N) is 1. The summed E-state index contributed by atoms with van der Waals surface area (Å²) >= 11 is 6.29. The molecule has 1 aromatic rings. The second-order valence-electron chi connectivity index (χ2n) is 6.01. The predicted molar refractivity (Wildman–Crippen MR) is 89.0 cm³/mol. The molecule has 0 spiro atoms. The minimum absolute atomic E-state index is 0.0221. The van der Waals surface area contributed by atoms with E-state index in [1.807, 2.05) is 36.9 Å². The molecular weight excluding hydrogens is 314 g/mol. The molecule has 0 bridgehead atoms. The van der Waals surface area contributed by atoms with Crippen LogP contribution in [0.15, 0.2) is 35.5 Å². The fourth-order valence-electron chi connectivity index (χ4n) is 3.11. The van der Waals surface area contributed by atoms with Crippen LogP contribution in [0.2, 0.25) is 5.02 Å². The van der Waals surface area contributed by atoms with Crippen molar-refractivity contribution >= 4 is 23.5 Å². The molecule has 2 aliphatic rings. The van der Waals surface area contributed by atoms with Gasteiger partial charge >= 0.3 is 6.03 Å². The molecule has 6 heteroatoms. The Morgan fingerprint density at radius 2 is 2.04 bits per heavy atom. The Balaban J connectivity index is 2.07. The molecule has 0 radical (unpaired) electrons. The van der Waals surface area contributed by atoms with E-state index < -0.39 is 6.04 Å². The van der Waals surface area contributed by atoms with Crippen LogP contribution in [0.3, 0.4) is 0 Å². The molecule has 23 heavy (non-hydrogen) atoms. The van der Waals surface area contributed by atoms with Crippen molar-refractivity contribution in [3.05, 3.63) is 46.1 Å². The third kappa shape index (κ3) is 2.49. The topological polar surface area (TPSA) is 52.7 Å². The molecule has 1 aromatic carbocycles. The Labute approximate surface area is 140 Å². The summed E-state index contributed by atoms with van der Waals surface area (Å²) in [7, 11) is 1.70. The van der Waals surface area contributed by atoms with Crippen molar-refractivity contribution in [3.63, 3.8) is 0 Å². The molecule has 0 aliphatic carbocycles. The first kappa shape index (κ1) is 15.9. The van der Waals surface area contributed by atoms with Crippen LogP contribution in [0.25, 0.3) is 0 Å². The van der Waals surface area contributed by atoms with Gasteiger partial charge in [-0.2, -0.15) is 0 Å². The van der Waals surface area contributed by atoms with Crippen LogP contribution in [0.5, 0.6) is 0 Å². The summed E-state index contributed by atoms with van der Waals surface area (Å²) < 4.78 is 0. The smallest absolute Gasteiger partial charge is 0.322 e. The van der Waals surface area contributed by atoms with Gasteiger partial charge in [0.05, 0.1) is 23.9 Å². The van der Waals surface area contributed by atoms with Crippen molar-refractivity contribution in [2.75, 3.05) is 13.6 Å². The van der Waals surface area contributed by atoms with E-state index in [1.54, 1.807) is 13.1 Å². The molecular formula is C17H20ClN3O2. The van der Waals surface area contributed by atoms with Crippen LogP contribution in [0.1, 0.15) is 31.9 Å². The molecule has 0 fully saturated rings. The summed E-state index contributed by atoms with van der Waals surface area (Å²) in [6.45, 7) is 4.54. The highest BCUT2D eigenvalue weighted by atomic mass is 35.5. The molecule has 5 nitrogen and oxygen atoms in total. The third-order valence-electron chi connectivity index (χ3n) is 4.73. The van der Waals surface area contributed by atoms with Crippen molar-refractivity contribution in [3.8, 4) is 0 Å². The molecule has 0 unspecified atom stereocenters. The zero-order valence-electron chi connectivity index (χ0n) is 13.5. The van der Waals surface area contributed by atoms with Crippen LogP contribution in [0.4, 0.5) is 4.79 Å². The molecule has 2 heterocycles. The Morgan fingerprint density at radius 1 is 1.35 bits per heavy atom. The minimum atomic E-state index is -0.496. The highest BCUT2D eigenvalue weighted by Gasteiger charge is 2.44. The van der Waals surface area contributed by atoms with Crippen molar-refractivity contribution < 1.29 is 9.59 Å². The molecule has 1 N–H and O–H groups in total. The van der Waals surface area contributed by atoms with Crippen LogP contribution in [-0.4, -0.2) is 41.4 Å². The van der Waals surface area contributed by atoms with Crippen molar-refractivity contribution in [1.82, 2.24) is 15.1 Å². The van der Waals surface area contributed by atoms with E-state index >= 15 is 0 Å². The average Bonchev–Trinajstić information content (AvgIpc) is 2.89. The Bertz CT molecular complexity index is 701. The van der Waals surface area contributed by atoms with E-state index in [-0.39, 0.29) is 18.0 Å². The summed E-state index contributed by atoms with van der Waals surface area (Å²) in [4.78, 5) is 28.6. The second kappa shape index (κ2) is 5.89. The van der Waals surface area contributed by atoms with Gasteiger partial charge in [-0.3, -0.25) is 9.69 Å². The van der Waals surface area contributed by atoms with Crippen molar-refractivity contribution in [2.45, 2.75) is 32.4 Å². The first-order valence-electron chi connectivity index (χ1n) is 7.78. The lowest BCUT2D eigenvalue weighted by Gasteiger charge is -2.31. The first-order chi connectivity index (χ1) is 11.0. The number of hydrogen-bond acceptors (Lipinski definition) is 2. The predicted octanol–water partition coefficient (Wildman–Crippen LogP) is 2.93. The molecule has 0 aromatic heterocycles. The number of hydrogen-bond donors (Lipinski definition) is 1. The summed E-state index contributed by atoms with van der Waals surface area (Å²) in [6, 6.07) is 6.73. The molecule has 3 rings (SSSR count). The molecule has 0 saturated carbocycles. The van der Waals surface area contributed by atoms with Gasteiger partial charge in [0.2, 0.25) is 0 Å². The highest BCUT2D eigenvalue weighted by Crippen LogP contribution is 2.38. The zero-order chi connectivity index (χ0) is 16.7. The lowest BCUT2D eigenvalue weighted by Crippen LogP contribution is -2.45. The van der Waals surface area contributed by atoms with Gasteiger partial charge in [-0.15, -0.1) is 0 Å². The number of rotatable bonds is 3. The Kier molecular flexibility index (Phi) is 4.06. The van der Waals surface area contributed by atoms with Crippen LogP contribution in [0, 0.1) is 0 Å². The average molecular weight is 334 g/mol. The van der Waals surface area contributed by atoms with E-state index in [0.717, 1.165) is 17.7 Å². The van der Waals surface area contributed by atoms with Gasteiger partial charge in [0.15, 0.2) is 0 Å². The Hall–Kier alpha value is -2.01. The van der Waals surface area contributed by atoms with Gasteiger partial charge in [0, 0.05) is 18.1 Å². The van der Waals surface area contributed by atoms with E-state index in [9.17, 15) is 9.59 Å². The van der Waals surface area contributed by atoms with E-state index in [1.165, 1.54) is 4.90 Å². The molecule has 0 saturated heterocycles. The minimum Gasteiger partial charge on any atom is -0.330 e. The quantitative estimate of drug-likeness (QED) is 0.924. The summed E-state index contributed by atoms with van der Waals surface area (Å²) in [5.74, 6) is -0.0221. The van der Waals surface area contributed by atoms with Gasteiger partial charge in [-0.25, -0.2) is 4.79 Å². The number of carbonyl (C=O) groups excluding carboxylic acids is 2. The fraction of sp³-hybridized carbons (Fsp3) is 0.412. The monoisotopic (exact) mass is 333 g/mol. The number of carbonyl (C=O) groups is 2. The van der Waals surface area contributed by atoms with Gasteiger partial charge in [0.25, 0.3) is 5.91 Å². The van der Waals surface area contributed by atoms with E-state index in [4.69, 9.17) is 11.6 Å². The number of benzene rings is 1. The van der Waals surface area contributed by atoms with Crippen molar-refractivity contribution in [1.29, 1.82) is 0 Å². The molecule has 3 amide bonds. The summed E-state index contributed by atoms with van der Waals surface area (Å²) in [5, 5.41) is 3.45. The largest absolute Gasteiger partial charge is 0.330 e. The Morgan fingerprint density at radius 3 is 2.70 bits per heavy atom. The first-order valence-corrected chi connectivity index (χ1v) is 8.16. The maximum Gasteiger partial charge on any atom is 0.322 e. The molecule has 2 aliphatic heterocycles. The van der Waals surface area contributed by atoms with Crippen molar-refractivity contribution in [2.24, 2.45) is 0 Å². The van der Waals surface area contributed by atoms with Crippen LogP contribution in [-0.2, 0) is 4.79 Å². The number of nitrogens with zero attached hydrogens (tertiary/aromatic N) is 2.